The molecule has 0 spiro atoms. The quantitative estimate of drug-likeness (QED) is 0.779. The van der Waals surface area contributed by atoms with Gasteiger partial charge in [0, 0.05) is 18.1 Å². The topological polar surface area (TPSA) is 72.9 Å². The van der Waals surface area contributed by atoms with Crippen molar-refractivity contribution in [2.75, 3.05) is 13.1 Å². The fourth-order valence-electron chi connectivity index (χ4n) is 3.34. The first-order chi connectivity index (χ1) is 12.1. The number of carbonyl (C=O) groups is 1. The van der Waals surface area contributed by atoms with Gasteiger partial charge in [0.2, 0.25) is 0 Å². The number of carbonyl (C=O) groups excluding carboxylic acids is 1. The number of amides is 1. The Bertz CT molecular complexity index is 926. The predicted octanol–water partition coefficient (Wildman–Crippen LogP) is 2.59. The Labute approximate surface area is 141 Å². The highest BCUT2D eigenvalue weighted by Gasteiger charge is 2.15. The van der Waals surface area contributed by atoms with Gasteiger partial charge >= 0.3 is 0 Å². The number of hydrogen-bond donors (Lipinski definition) is 2. The molecule has 122 valence electrons. The molecule has 1 aliphatic heterocycles. The van der Waals surface area contributed by atoms with Gasteiger partial charge in [-0.2, -0.15) is 5.10 Å². The third-order valence-corrected chi connectivity index (χ3v) is 4.65. The van der Waals surface area contributed by atoms with Gasteiger partial charge in [-0.15, -0.1) is 0 Å². The molecule has 24 heavy (non-hydrogen) atoms. The molecule has 1 amide bonds. The summed E-state index contributed by atoms with van der Waals surface area (Å²) < 4.78 is 9.74. The van der Waals surface area contributed by atoms with Gasteiger partial charge < -0.3 is 11.1 Å². The number of primary amides is 1. The number of fused-ring (bicyclic) bond motifs is 1. The van der Waals surface area contributed by atoms with Crippen molar-refractivity contribution in [2.24, 2.45) is 5.73 Å². The van der Waals surface area contributed by atoms with Gasteiger partial charge in [-0.3, -0.25) is 4.79 Å². The highest BCUT2D eigenvalue weighted by atomic mass is 16.1. The normalized spacial score (nSPS) is 18.5. The van der Waals surface area contributed by atoms with E-state index in [-0.39, 0.29) is 0 Å². The van der Waals surface area contributed by atoms with E-state index in [0.717, 1.165) is 18.8 Å². The van der Waals surface area contributed by atoms with E-state index in [4.69, 9.17) is 7.10 Å². The molecule has 2 aromatic carbocycles. The third-order valence-electron chi connectivity index (χ3n) is 4.65. The third kappa shape index (κ3) is 2.67. The van der Waals surface area contributed by atoms with Crippen LogP contribution in [0.5, 0.6) is 0 Å². The van der Waals surface area contributed by atoms with Crippen LogP contribution in [-0.4, -0.2) is 28.8 Å². The van der Waals surface area contributed by atoms with E-state index in [2.05, 4.69) is 22.5 Å². The van der Waals surface area contributed by atoms with Crippen molar-refractivity contribution in [1.82, 2.24) is 15.1 Å². The molecule has 1 saturated heterocycles. The van der Waals surface area contributed by atoms with Crippen molar-refractivity contribution in [1.29, 1.82) is 0 Å². The summed E-state index contributed by atoms with van der Waals surface area (Å²) in [4.78, 5) is 11.6. The zero-order chi connectivity index (χ0) is 17.4. The van der Waals surface area contributed by atoms with E-state index in [9.17, 15) is 4.79 Å². The van der Waals surface area contributed by atoms with Gasteiger partial charge in [-0.1, -0.05) is 24.2 Å². The summed E-state index contributed by atoms with van der Waals surface area (Å²) in [5.41, 5.74) is 8.47. The van der Waals surface area contributed by atoms with Gasteiger partial charge in [0.1, 0.15) is 5.52 Å². The molecule has 1 fully saturated rings. The zero-order valence-electron chi connectivity index (χ0n) is 14.3. The Kier molecular flexibility index (Phi) is 3.49. The lowest BCUT2D eigenvalue weighted by Gasteiger charge is -2.23. The molecule has 1 aliphatic rings. The molecule has 3 aromatic rings. The molecule has 0 radical (unpaired) electrons. The number of nitrogens with two attached hydrogens (primary N) is 1. The Hall–Kier alpha value is -2.66. The summed E-state index contributed by atoms with van der Waals surface area (Å²) in [7, 11) is 0. The number of piperidine rings is 1. The molecule has 5 nitrogen and oxygen atoms in total. The van der Waals surface area contributed by atoms with Crippen LogP contribution in [0.15, 0.2) is 48.6 Å². The highest BCUT2D eigenvalue weighted by Crippen LogP contribution is 2.25. The van der Waals surface area contributed by atoms with Crippen molar-refractivity contribution in [3.8, 4) is 5.69 Å². The highest BCUT2D eigenvalue weighted by molar-refractivity contribution is 6.04. The standard InChI is InChI=1S/C19H20N4O/c20-19(24)17-5-1-3-15-12-23(22-18(15)17)16-8-6-13(7-9-16)14-4-2-10-21-11-14/h1,3,5-9,12,14,21H,2,4,10-11H2,(H2,20,24)/i3D. The Morgan fingerprint density at radius 1 is 1.33 bits per heavy atom. The maximum absolute atomic E-state index is 11.6. The number of aromatic nitrogens is 2. The molecule has 1 aromatic heterocycles. The van der Waals surface area contributed by atoms with Gasteiger partial charge in [0.05, 0.1) is 12.6 Å². The van der Waals surface area contributed by atoms with Crippen LogP contribution in [0.4, 0.5) is 0 Å². The van der Waals surface area contributed by atoms with Crippen LogP contribution in [0.3, 0.4) is 0 Å². The van der Waals surface area contributed by atoms with Crippen LogP contribution in [0.1, 0.15) is 36.1 Å². The van der Waals surface area contributed by atoms with E-state index in [1.165, 1.54) is 18.4 Å². The van der Waals surface area contributed by atoms with Crippen LogP contribution in [0.2, 0.25) is 0 Å². The monoisotopic (exact) mass is 321 g/mol. The van der Waals surface area contributed by atoms with Gasteiger partial charge in [-0.25, -0.2) is 4.68 Å². The summed E-state index contributed by atoms with van der Waals surface area (Å²) in [6, 6.07) is 11.8. The lowest BCUT2D eigenvalue weighted by molar-refractivity contribution is 0.100. The number of rotatable bonds is 3. The van der Waals surface area contributed by atoms with Crippen LogP contribution >= 0.6 is 0 Å². The molecule has 0 aliphatic carbocycles. The van der Waals surface area contributed by atoms with Crippen molar-refractivity contribution in [2.45, 2.75) is 18.8 Å². The SMILES string of the molecule is [2H]c1ccc(C(N)=O)c2nn(-c3ccc(C4CCCNC4)cc3)cc12. The minimum absolute atomic E-state index is 0.330. The van der Waals surface area contributed by atoms with Crippen molar-refractivity contribution in [3.05, 3.63) is 59.8 Å². The maximum atomic E-state index is 11.6. The van der Waals surface area contributed by atoms with Crippen LogP contribution in [-0.2, 0) is 0 Å². The molecular formula is C19H20N4O. The van der Waals surface area contributed by atoms with Gasteiger partial charge in [0.25, 0.3) is 5.91 Å². The maximum Gasteiger partial charge on any atom is 0.250 e. The zero-order valence-corrected chi connectivity index (χ0v) is 13.3. The first kappa shape index (κ1) is 13.7. The second-order valence-electron chi connectivity index (χ2n) is 6.23. The van der Waals surface area contributed by atoms with E-state index in [0.29, 0.717) is 28.4 Å². The van der Waals surface area contributed by atoms with Crippen LogP contribution in [0, 0.1) is 0 Å². The van der Waals surface area contributed by atoms with Crippen molar-refractivity contribution < 1.29 is 6.17 Å². The van der Waals surface area contributed by atoms with Crippen LogP contribution in [0.25, 0.3) is 16.6 Å². The molecule has 5 heteroatoms. The van der Waals surface area contributed by atoms with Crippen molar-refractivity contribution in [3.63, 3.8) is 0 Å². The first-order valence-corrected chi connectivity index (χ1v) is 8.23. The fourth-order valence-corrected chi connectivity index (χ4v) is 3.34. The van der Waals surface area contributed by atoms with Gasteiger partial charge in [0.15, 0.2) is 0 Å². The molecule has 0 bridgehead atoms. The number of nitrogens with zero attached hydrogens (tertiary/aromatic N) is 2. The molecular weight excluding hydrogens is 300 g/mol. The number of nitrogens with one attached hydrogen (secondary N) is 1. The molecule has 3 N–H and O–H groups in total. The summed E-state index contributed by atoms with van der Waals surface area (Å²) in [5.74, 6) is 0.0243. The second kappa shape index (κ2) is 6.09. The minimum Gasteiger partial charge on any atom is -0.366 e. The van der Waals surface area contributed by atoms with E-state index >= 15 is 0 Å². The summed E-state index contributed by atoms with van der Waals surface area (Å²) in [5, 5.41) is 8.55. The summed E-state index contributed by atoms with van der Waals surface area (Å²) in [6.45, 7) is 2.13. The molecule has 4 rings (SSSR count). The van der Waals surface area contributed by atoms with E-state index in [1.807, 2.05) is 12.1 Å². The van der Waals surface area contributed by atoms with Gasteiger partial charge in [-0.05, 0) is 49.1 Å². The largest absolute Gasteiger partial charge is 0.366 e. The summed E-state index contributed by atoms with van der Waals surface area (Å²) in [6.07, 6.45) is 4.20. The lowest BCUT2D eigenvalue weighted by atomic mass is 9.92. The predicted molar refractivity (Wildman–Crippen MR) is 94.4 cm³/mol. The van der Waals surface area contributed by atoms with E-state index in [1.54, 1.807) is 23.0 Å². The average Bonchev–Trinajstić information content (AvgIpc) is 3.09. The number of benzene rings is 2. The molecule has 2 heterocycles. The molecule has 0 saturated carbocycles. The lowest BCUT2D eigenvalue weighted by Crippen LogP contribution is -2.28. The Morgan fingerprint density at radius 2 is 2.17 bits per heavy atom. The molecule has 1 unspecified atom stereocenters. The van der Waals surface area contributed by atoms with Crippen LogP contribution < -0.4 is 11.1 Å². The average molecular weight is 321 g/mol. The Morgan fingerprint density at radius 3 is 2.88 bits per heavy atom. The second-order valence-corrected chi connectivity index (χ2v) is 6.23. The van der Waals surface area contributed by atoms with E-state index < -0.39 is 5.91 Å². The number of hydrogen-bond acceptors (Lipinski definition) is 3. The Balaban J connectivity index is 1.71. The first-order valence-electron chi connectivity index (χ1n) is 8.73. The minimum atomic E-state index is -0.532. The van der Waals surface area contributed by atoms with Crippen molar-refractivity contribution >= 4 is 16.8 Å². The summed E-state index contributed by atoms with van der Waals surface area (Å²) >= 11 is 0. The fraction of sp³-hybridized carbons (Fsp3) is 0.263. The molecule has 1 atom stereocenters. The smallest absolute Gasteiger partial charge is 0.250 e.